The summed E-state index contributed by atoms with van der Waals surface area (Å²) >= 11 is 0. The van der Waals surface area contributed by atoms with Gasteiger partial charge < -0.3 is 5.32 Å². The van der Waals surface area contributed by atoms with E-state index < -0.39 is 0 Å². The van der Waals surface area contributed by atoms with E-state index in [2.05, 4.69) is 36.2 Å². The van der Waals surface area contributed by atoms with E-state index in [1.54, 1.807) is 0 Å². The fraction of sp³-hybridized carbons (Fsp3) is 0.429. The first kappa shape index (κ1) is 12.6. The Bertz CT molecular complexity index is 543. The average Bonchev–Trinajstić information content (AvgIpc) is 2.64. The standard InChI is InChI=1S/C14H20N4/c1-5-7-15-14-9-13(6-8-16-14)18-12(4)10(2)11(3)17-18/h6,8-9H,5,7H2,1-4H3,(H,15,16). The zero-order valence-electron chi connectivity index (χ0n) is 11.5. The number of aromatic nitrogens is 3. The van der Waals surface area contributed by atoms with Crippen LogP contribution in [0, 0.1) is 20.8 Å². The predicted molar refractivity (Wildman–Crippen MR) is 74.4 cm³/mol. The predicted octanol–water partition coefficient (Wildman–Crippen LogP) is 3.01. The molecule has 0 atom stereocenters. The Morgan fingerprint density at radius 3 is 2.67 bits per heavy atom. The Balaban J connectivity index is 2.35. The summed E-state index contributed by atoms with van der Waals surface area (Å²) in [5.74, 6) is 0.902. The number of rotatable bonds is 4. The molecule has 96 valence electrons. The van der Waals surface area contributed by atoms with E-state index in [4.69, 9.17) is 0 Å². The smallest absolute Gasteiger partial charge is 0.128 e. The lowest BCUT2D eigenvalue weighted by molar-refractivity contribution is 0.830. The summed E-state index contributed by atoms with van der Waals surface area (Å²) in [5, 5.41) is 7.86. The fourth-order valence-electron chi connectivity index (χ4n) is 1.87. The molecule has 0 aromatic carbocycles. The summed E-state index contributed by atoms with van der Waals surface area (Å²) in [4.78, 5) is 4.31. The van der Waals surface area contributed by atoms with Gasteiger partial charge >= 0.3 is 0 Å². The zero-order chi connectivity index (χ0) is 13.1. The average molecular weight is 244 g/mol. The van der Waals surface area contributed by atoms with Gasteiger partial charge in [0.1, 0.15) is 5.82 Å². The van der Waals surface area contributed by atoms with Crippen LogP contribution in [0.2, 0.25) is 0 Å². The molecule has 0 aliphatic rings. The number of nitrogens with zero attached hydrogens (tertiary/aromatic N) is 3. The van der Waals surface area contributed by atoms with Crippen LogP contribution in [0.3, 0.4) is 0 Å². The Labute approximate surface area is 108 Å². The van der Waals surface area contributed by atoms with Crippen LogP contribution in [0.15, 0.2) is 18.3 Å². The largest absolute Gasteiger partial charge is 0.370 e. The van der Waals surface area contributed by atoms with Gasteiger partial charge in [0.15, 0.2) is 0 Å². The summed E-state index contributed by atoms with van der Waals surface area (Å²) in [6.07, 6.45) is 2.91. The van der Waals surface area contributed by atoms with Gasteiger partial charge in [-0.25, -0.2) is 9.67 Å². The molecule has 18 heavy (non-hydrogen) atoms. The van der Waals surface area contributed by atoms with E-state index in [9.17, 15) is 0 Å². The van der Waals surface area contributed by atoms with Crippen molar-refractivity contribution >= 4 is 5.82 Å². The molecule has 1 N–H and O–H groups in total. The molecule has 0 unspecified atom stereocenters. The first-order valence-corrected chi connectivity index (χ1v) is 6.36. The monoisotopic (exact) mass is 244 g/mol. The van der Waals surface area contributed by atoms with E-state index in [1.807, 2.05) is 29.9 Å². The molecule has 0 aliphatic carbocycles. The van der Waals surface area contributed by atoms with Crippen LogP contribution in [-0.2, 0) is 0 Å². The van der Waals surface area contributed by atoms with Crippen LogP contribution >= 0.6 is 0 Å². The van der Waals surface area contributed by atoms with E-state index in [-0.39, 0.29) is 0 Å². The van der Waals surface area contributed by atoms with Crippen LogP contribution in [0.25, 0.3) is 5.69 Å². The molecular weight excluding hydrogens is 224 g/mol. The molecule has 0 spiro atoms. The van der Waals surface area contributed by atoms with Crippen LogP contribution in [0.1, 0.15) is 30.3 Å². The van der Waals surface area contributed by atoms with Crippen molar-refractivity contribution < 1.29 is 0 Å². The van der Waals surface area contributed by atoms with Gasteiger partial charge in [-0.1, -0.05) is 6.92 Å². The number of nitrogens with one attached hydrogen (secondary N) is 1. The second kappa shape index (κ2) is 5.21. The summed E-state index contributed by atoms with van der Waals surface area (Å²) in [7, 11) is 0. The van der Waals surface area contributed by atoms with Crippen molar-refractivity contribution in [3.05, 3.63) is 35.3 Å². The second-order valence-electron chi connectivity index (χ2n) is 4.53. The second-order valence-corrected chi connectivity index (χ2v) is 4.53. The highest BCUT2D eigenvalue weighted by Gasteiger charge is 2.09. The maximum Gasteiger partial charge on any atom is 0.128 e. The van der Waals surface area contributed by atoms with E-state index >= 15 is 0 Å². The Hall–Kier alpha value is -1.84. The lowest BCUT2D eigenvalue weighted by atomic mass is 10.2. The third-order valence-corrected chi connectivity index (χ3v) is 3.20. The van der Waals surface area contributed by atoms with Crippen molar-refractivity contribution in [2.75, 3.05) is 11.9 Å². The fourth-order valence-corrected chi connectivity index (χ4v) is 1.87. The highest BCUT2D eigenvalue weighted by Crippen LogP contribution is 2.18. The van der Waals surface area contributed by atoms with Crippen molar-refractivity contribution in [3.63, 3.8) is 0 Å². The topological polar surface area (TPSA) is 42.7 Å². The highest BCUT2D eigenvalue weighted by atomic mass is 15.3. The molecule has 0 bridgehead atoms. The zero-order valence-corrected chi connectivity index (χ0v) is 11.5. The van der Waals surface area contributed by atoms with Gasteiger partial charge in [0.25, 0.3) is 0 Å². The quantitative estimate of drug-likeness (QED) is 0.899. The summed E-state index contributed by atoms with van der Waals surface area (Å²) in [6, 6.07) is 4.02. The minimum Gasteiger partial charge on any atom is -0.370 e. The van der Waals surface area contributed by atoms with Gasteiger partial charge in [0.2, 0.25) is 0 Å². The van der Waals surface area contributed by atoms with E-state index in [0.29, 0.717) is 0 Å². The number of anilines is 1. The first-order valence-electron chi connectivity index (χ1n) is 6.36. The van der Waals surface area contributed by atoms with Crippen molar-refractivity contribution in [3.8, 4) is 5.69 Å². The Kier molecular flexibility index (Phi) is 3.65. The van der Waals surface area contributed by atoms with Crippen LogP contribution in [0.5, 0.6) is 0 Å². The van der Waals surface area contributed by atoms with Crippen LogP contribution < -0.4 is 5.32 Å². The van der Waals surface area contributed by atoms with Gasteiger partial charge in [-0.2, -0.15) is 5.10 Å². The molecular formula is C14H20N4. The molecule has 0 fully saturated rings. The molecule has 2 heterocycles. The van der Waals surface area contributed by atoms with Gasteiger partial charge in [-0.15, -0.1) is 0 Å². The molecule has 0 saturated carbocycles. The molecule has 0 saturated heterocycles. The van der Waals surface area contributed by atoms with Crippen molar-refractivity contribution in [1.82, 2.24) is 14.8 Å². The molecule has 4 heteroatoms. The molecule has 2 aromatic rings. The first-order chi connectivity index (χ1) is 8.63. The number of aryl methyl sites for hydroxylation is 1. The molecule has 2 rings (SSSR count). The van der Waals surface area contributed by atoms with Gasteiger partial charge in [-0.05, 0) is 38.8 Å². The van der Waals surface area contributed by atoms with E-state index in [0.717, 1.165) is 30.2 Å². The number of hydrogen-bond acceptors (Lipinski definition) is 3. The third-order valence-electron chi connectivity index (χ3n) is 3.20. The van der Waals surface area contributed by atoms with Gasteiger partial charge in [0, 0.05) is 24.5 Å². The normalized spacial score (nSPS) is 10.7. The molecule has 0 amide bonds. The lowest BCUT2D eigenvalue weighted by Gasteiger charge is -2.08. The van der Waals surface area contributed by atoms with Crippen LogP contribution in [-0.4, -0.2) is 21.3 Å². The molecule has 0 aliphatic heterocycles. The van der Waals surface area contributed by atoms with E-state index in [1.165, 1.54) is 11.3 Å². The molecule has 2 aromatic heterocycles. The summed E-state index contributed by atoms with van der Waals surface area (Å²) in [6.45, 7) is 9.31. The van der Waals surface area contributed by atoms with Crippen molar-refractivity contribution in [1.29, 1.82) is 0 Å². The number of hydrogen-bond donors (Lipinski definition) is 1. The maximum absolute atomic E-state index is 4.56. The Morgan fingerprint density at radius 1 is 1.28 bits per heavy atom. The highest BCUT2D eigenvalue weighted by molar-refractivity contribution is 5.46. The number of pyridine rings is 1. The minimum atomic E-state index is 0.902. The third kappa shape index (κ3) is 2.37. The summed E-state index contributed by atoms with van der Waals surface area (Å²) < 4.78 is 1.98. The molecule has 0 radical (unpaired) electrons. The summed E-state index contributed by atoms with van der Waals surface area (Å²) in [5.41, 5.74) is 4.56. The van der Waals surface area contributed by atoms with Gasteiger partial charge in [-0.3, -0.25) is 0 Å². The maximum atomic E-state index is 4.56. The van der Waals surface area contributed by atoms with Crippen LogP contribution in [0.4, 0.5) is 5.82 Å². The van der Waals surface area contributed by atoms with Gasteiger partial charge in [0.05, 0.1) is 11.4 Å². The van der Waals surface area contributed by atoms with Crippen molar-refractivity contribution in [2.45, 2.75) is 34.1 Å². The Morgan fingerprint density at radius 2 is 2.06 bits per heavy atom. The SMILES string of the molecule is CCCNc1cc(-n2nc(C)c(C)c2C)ccn1. The van der Waals surface area contributed by atoms with Crippen molar-refractivity contribution in [2.24, 2.45) is 0 Å². The lowest BCUT2D eigenvalue weighted by Crippen LogP contribution is -2.04. The molecule has 4 nitrogen and oxygen atoms in total. The minimum absolute atomic E-state index is 0.902.